The fourth-order valence-corrected chi connectivity index (χ4v) is 2.77. The highest BCUT2D eigenvalue weighted by molar-refractivity contribution is 4.88. The zero-order valence-electron chi connectivity index (χ0n) is 12.3. The van der Waals surface area contributed by atoms with E-state index >= 15 is 0 Å². The van der Waals surface area contributed by atoms with E-state index in [2.05, 4.69) is 45.0 Å². The lowest BCUT2D eigenvalue weighted by molar-refractivity contribution is 0.0481. The van der Waals surface area contributed by atoms with E-state index in [9.17, 15) is 0 Å². The molecule has 19 heavy (non-hydrogen) atoms. The first-order valence-electron chi connectivity index (χ1n) is 7.05. The molecule has 0 spiro atoms. The highest BCUT2D eigenvalue weighted by Crippen LogP contribution is 2.15. The van der Waals surface area contributed by atoms with Gasteiger partial charge in [0.2, 0.25) is 0 Å². The Balaban J connectivity index is 1.88. The third kappa shape index (κ3) is 3.42. The highest BCUT2D eigenvalue weighted by Gasteiger charge is 2.27. The Bertz CT molecular complexity index is 414. The van der Waals surface area contributed by atoms with Crippen LogP contribution >= 0.6 is 0 Å². The van der Waals surface area contributed by atoms with Crippen molar-refractivity contribution in [2.24, 2.45) is 0 Å². The molecule has 0 bridgehead atoms. The molecule has 1 fully saturated rings. The van der Waals surface area contributed by atoms with Crippen LogP contribution in [0.3, 0.4) is 0 Å². The average molecular weight is 263 g/mol. The lowest BCUT2D eigenvalue weighted by Gasteiger charge is -2.43. The van der Waals surface area contributed by atoms with Gasteiger partial charge in [0, 0.05) is 44.8 Å². The normalized spacial score (nSPS) is 25.6. The van der Waals surface area contributed by atoms with Crippen molar-refractivity contribution in [2.75, 3.05) is 26.2 Å². The molecule has 0 saturated carbocycles. The van der Waals surface area contributed by atoms with E-state index in [1.165, 1.54) is 0 Å². The van der Waals surface area contributed by atoms with Gasteiger partial charge in [0.15, 0.2) is 0 Å². The average Bonchev–Trinajstić information content (AvgIpc) is 2.78. The fraction of sp³-hybridized carbons (Fsp3) is 0.714. The minimum absolute atomic E-state index is 0.591. The highest BCUT2D eigenvalue weighted by atomic mass is 15.3. The topological polar surface area (TPSA) is 37.2 Å². The van der Waals surface area contributed by atoms with Crippen LogP contribution in [0.2, 0.25) is 0 Å². The molecule has 0 radical (unpaired) electrons. The summed E-state index contributed by atoms with van der Waals surface area (Å²) < 4.78 is 2.12. The Morgan fingerprint density at radius 1 is 1.26 bits per heavy atom. The minimum atomic E-state index is 0.591. The second-order valence-electron chi connectivity index (χ2n) is 5.51. The summed E-state index contributed by atoms with van der Waals surface area (Å²) in [6, 6.07) is 1.18. The molecule has 0 N–H and O–H groups in total. The second-order valence-corrected chi connectivity index (χ2v) is 5.51. The quantitative estimate of drug-likeness (QED) is 0.747. The van der Waals surface area contributed by atoms with Crippen LogP contribution in [0.5, 0.6) is 0 Å². The molecule has 5 heteroatoms. The zero-order valence-corrected chi connectivity index (χ0v) is 12.3. The molecule has 0 unspecified atom stereocenters. The molecule has 1 aromatic heterocycles. The maximum atomic E-state index is 4.03. The predicted molar refractivity (Wildman–Crippen MR) is 77.0 cm³/mol. The molecule has 0 aliphatic carbocycles. The molecule has 0 amide bonds. The van der Waals surface area contributed by atoms with Crippen LogP contribution < -0.4 is 0 Å². The maximum Gasteiger partial charge on any atom is 0.129 e. The first kappa shape index (κ1) is 14.2. The van der Waals surface area contributed by atoms with Crippen molar-refractivity contribution in [1.29, 1.82) is 0 Å². The van der Waals surface area contributed by atoms with Crippen molar-refractivity contribution in [1.82, 2.24) is 24.6 Å². The number of nitrogens with zero attached hydrogens (tertiary/aromatic N) is 5. The van der Waals surface area contributed by atoms with E-state index in [0.29, 0.717) is 12.1 Å². The summed E-state index contributed by atoms with van der Waals surface area (Å²) in [5.74, 6) is 0.992. The van der Waals surface area contributed by atoms with Gasteiger partial charge in [-0.25, -0.2) is 0 Å². The van der Waals surface area contributed by atoms with Gasteiger partial charge < -0.3 is 4.57 Å². The van der Waals surface area contributed by atoms with E-state index in [-0.39, 0.29) is 0 Å². The van der Waals surface area contributed by atoms with E-state index in [1.807, 2.05) is 19.3 Å². The van der Waals surface area contributed by atoms with Crippen molar-refractivity contribution in [3.8, 4) is 0 Å². The fourth-order valence-electron chi connectivity index (χ4n) is 2.77. The monoisotopic (exact) mass is 263 g/mol. The van der Waals surface area contributed by atoms with Crippen molar-refractivity contribution in [3.05, 3.63) is 24.8 Å². The molecule has 2 heterocycles. The predicted octanol–water partition coefficient (Wildman–Crippen LogP) is 1.17. The van der Waals surface area contributed by atoms with Crippen LogP contribution in [0, 0.1) is 6.92 Å². The minimum Gasteiger partial charge on any atom is -0.317 e. The third-order valence-electron chi connectivity index (χ3n) is 4.05. The Morgan fingerprint density at radius 2 is 1.95 bits per heavy atom. The molecule has 1 aliphatic heterocycles. The molecule has 0 aromatic carbocycles. The summed E-state index contributed by atoms with van der Waals surface area (Å²) >= 11 is 0. The van der Waals surface area contributed by atoms with Crippen molar-refractivity contribution >= 4 is 0 Å². The zero-order chi connectivity index (χ0) is 13.8. The number of hydrogen-bond acceptors (Lipinski definition) is 4. The smallest absolute Gasteiger partial charge is 0.129 e. The van der Waals surface area contributed by atoms with Crippen molar-refractivity contribution in [2.45, 2.75) is 39.4 Å². The van der Waals surface area contributed by atoms with Crippen LogP contribution in [0.1, 0.15) is 19.7 Å². The maximum absolute atomic E-state index is 4.03. The lowest BCUT2D eigenvalue weighted by atomic mass is 10.1. The van der Waals surface area contributed by atoms with Crippen LogP contribution in [0.4, 0.5) is 0 Å². The molecule has 106 valence electrons. The molecular weight excluding hydrogens is 238 g/mol. The number of hydrogen-bond donors (Lipinski definition) is 0. The van der Waals surface area contributed by atoms with Gasteiger partial charge in [-0.1, -0.05) is 6.08 Å². The van der Waals surface area contributed by atoms with Crippen LogP contribution in [-0.2, 0) is 6.54 Å². The van der Waals surface area contributed by atoms with Crippen molar-refractivity contribution in [3.63, 3.8) is 0 Å². The first-order valence-corrected chi connectivity index (χ1v) is 7.05. The molecular formula is C14H25N5. The van der Waals surface area contributed by atoms with Gasteiger partial charge in [-0.05, 0) is 20.8 Å². The van der Waals surface area contributed by atoms with Gasteiger partial charge in [0.1, 0.15) is 12.2 Å². The third-order valence-corrected chi connectivity index (χ3v) is 4.05. The lowest BCUT2D eigenvalue weighted by Crippen LogP contribution is -2.56. The Morgan fingerprint density at radius 3 is 2.58 bits per heavy atom. The van der Waals surface area contributed by atoms with Crippen LogP contribution in [0.25, 0.3) is 0 Å². The summed E-state index contributed by atoms with van der Waals surface area (Å²) in [5.41, 5.74) is 0. The Hall–Kier alpha value is -1.20. The molecule has 2 atom stereocenters. The molecule has 1 aromatic rings. The van der Waals surface area contributed by atoms with Gasteiger partial charge in [-0.3, -0.25) is 9.80 Å². The largest absolute Gasteiger partial charge is 0.317 e. The summed E-state index contributed by atoms with van der Waals surface area (Å²) in [7, 11) is 0. The van der Waals surface area contributed by atoms with Gasteiger partial charge in [-0.15, -0.1) is 16.8 Å². The molecule has 5 nitrogen and oxygen atoms in total. The Labute approximate surface area is 115 Å². The molecule has 2 rings (SSSR count). The van der Waals surface area contributed by atoms with Crippen molar-refractivity contribution < 1.29 is 0 Å². The van der Waals surface area contributed by atoms with Crippen LogP contribution in [-0.4, -0.2) is 62.8 Å². The summed E-state index contributed by atoms with van der Waals surface area (Å²) in [4.78, 5) is 5.06. The van der Waals surface area contributed by atoms with E-state index in [4.69, 9.17) is 0 Å². The van der Waals surface area contributed by atoms with Gasteiger partial charge in [-0.2, -0.15) is 0 Å². The summed E-state index contributed by atoms with van der Waals surface area (Å²) in [6.45, 7) is 15.7. The van der Waals surface area contributed by atoms with Gasteiger partial charge in [0.05, 0.1) is 0 Å². The Kier molecular flexibility index (Phi) is 4.71. The first-order chi connectivity index (χ1) is 9.11. The van der Waals surface area contributed by atoms with Crippen LogP contribution in [0.15, 0.2) is 19.0 Å². The number of rotatable bonds is 5. The second kappa shape index (κ2) is 6.30. The molecule has 1 aliphatic rings. The molecule has 1 saturated heterocycles. The summed E-state index contributed by atoms with van der Waals surface area (Å²) in [5, 5.41) is 7.96. The van der Waals surface area contributed by atoms with E-state index in [0.717, 1.165) is 38.5 Å². The SMILES string of the molecule is C=CCN1C[C@@H](C)N(CCn2cnnc2C)C[C@H]1C. The summed E-state index contributed by atoms with van der Waals surface area (Å²) in [6.07, 6.45) is 3.82. The number of aryl methyl sites for hydroxylation is 1. The number of piperazine rings is 1. The van der Waals surface area contributed by atoms with E-state index < -0.39 is 0 Å². The standard InChI is InChI=1S/C14H25N5/c1-5-6-17-9-13(3)18(10-12(17)2)7-8-19-11-15-16-14(19)4/h5,11-13H,1,6-10H2,2-4H3/t12-,13-/m1/s1. The van der Waals surface area contributed by atoms with Gasteiger partial charge >= 0.3 is 0 Å². The van der Waals surface area contributed by atoms with E-state index in [1.54, 1.807) is 0 Å². The number of aromatic nitrogens is 3. The van der Waals surface area contributed by atoms with Gasteiger partial charge in [0.25, 0.3) is 0 Å².